The van der Waals surface area contributed by atoms with Crippen LogP contribution in [0.5, 0.6) is 0 Å². The van der Waals surface area contributed by atoms with Gasteiger partial charge in [-0.1, -0.05) is 6.92 Å². The number of methoxy groups -OCH3 is 5. The van der Waals surface area contributed by atoms with E-state index in [4.69, 9.17) is 5.11 Å². The minimum Gasteiger partial charge on any atom is -0.469 e. The average Bonchev–Trinajstić information content (AvgIpc) is 2.61. The quantitative estimate of drug-likeness (QED) is 0.536. The first-order valence-corrected chi connectivity index (χ1v) is 7.00. The molecule has 0 aromatic heterocycles. The third-order valence-corrected chi connectivity index (χ3v) is 1.84. The van der Waals surface area contributed by atoms with Gasteiger partial charge in [-0.25, -0.2) is 9.59 Å². The number of aliphatic hydroxyl groups is 1. The molecule has 1 N–H and O–H groups in total. The number of esters is 4. The monoisotopic (exact) mass is 370 g/mol. The summed E-state index contributed by atoms with van der Waals surface area (Å²) in [7, 11) is 6.72. The molecule has 0 saturated heterocycles. The van der Waals surface area contributed by atoms with Gasteiger partial charge in [-0.2, -0.15) is 0 Å². The van der Waals surface area contributed by atoms with Crippen molar-refractivity contribution in [3.63, 3.8) is 0 Å². The van der Waals surface area contributed by atoms with E-state index in [2.05, 4.69) is 23.7 Å². The van der Waals surface area contributed by atoms with Gasteiger partial charge in [0.2, 0.25) is 0 Å². The van der Waals surface area contributed by atoms with Crippen LogP contribution in [0, 0.1) is 0 Å². The SMILES string of the molecule is CCC(=O)OC.COC(=O)C(C)O.COC(C)=O.COCC(=O)OC. The molecular weight excluding hydrogens is 340 g/mol. The summed E-state index contributed by atoms with van der Waals surface area (Å²) in [6, 6.07) is 0. The fraction of sp³-hybridized carbons (Fsp3) is 0.733. The Bertz CT molecular complexity index is 346. The summed E-state index contributed by atoms with van der Waals surface area (Å²) >= 11 is 0. The molecule has 25 heavy (non-hydrogen) atoms. The third-order valence-electron chi connectivity index (χ3n) is 1.84. The Morgan fingerprint density at radius 3 is 1.28 bits per heavy atom. The van der Waals surface area contributed by atoms with E-state index in [9.17, 15) is 19.2 Å². The number of aliphatic hydroxyl groups excluding tert-OH is 1. The molecule has 0 aromatic carbocycles. The van der Waals surface area contributed by atoms with Gasteiger partial charge in [-0.3, -0.25) is 9.59 Å². The molecule has 0 aliphatic heterocycles. The predicted molar refractivity (Wildman–Crippen MR) is 87.6 cm³/mol. The van der Waals surface area contributed by atoms with Crippen molar-refractivity contribution >= 4 is 23.9 Å². The highest BCUT2D eigenvalue weighted by molar-refractivity contribution is 5.73. The van der Waals surface area contributed by atoms with Crippen LogP contribution in [0.2, 0.25) is 0 Å². The van der Waals surface area contributed by atoms with E-state index in [1.165, 1.54) is 49.4 Å². The van der Waals surface area contributed by atoms with Crippen molar-refractivity contribution in [1.82, 2.24) is 0 Å². The third kappa shape index (κ3) is 39.0. The van der Waals surface area contributed by atoms with Gasteiger partial charge < -0.3 is 28.8 Å². The minimum absolute atomic E-state index is 0.0382. The number of hydrogen-bond donors (Lipinski definition) is 1. The Hall–Kier alpha value is -2.20. The summed E-state index contributed by atoms with van der Waals surface area (Å²) in [5.41, 5.74) is 0. The highest BCUT2D eigenvalue weighted by Crippen LogP contribution is 1.80. The van der Waals surface area contributed by atoms with Gasteiger partial charge in [0, 0.05) is 20.5 Å². The van der Waals surface area contributed by atoms with Gasteiger partial charge in [-0.05, 0) is 6.92 Å². The molecule has 0 amide bonds. The van der Waals surface area contributed by atoms with Crippen molar-refractivity contribution in [2.45, 2.75) is 33.3 Å². The molecule has 0 rings (SSSR count). The lowest BCUT2D eigenvalue weighted by Crippen LogP contribution is -2.16. The van der Waals surface area contributed by atoms with Gasteiger partial charge >= 0.3 is 23.9 Å². The molecule has 0 saturated carbocycles. The van der Waals surface area contributed by atoms with E-state index in [-0.39, 0.29) is 24.5 Å². The molecule has 0 spiro atoms. The van der Waals surface area contributed by atoms with Gasteiger partial charge in [0.15, 0.2) is 0 Å². The van der Waals surface area contributed by atoms with Crippen molar-refractivity contribution in [1.29, 1.82) is 0 Å². The number of carbonyl (C=O) groups is 4. The van der Waals surface area contributed by atoms with E-state index in [1.807, 2.05) is 0 Å². The van der Waals surface area contributed by atoms with Crippen molar-refractivity contribution in [3.05, 3.63) is 0 Å². The highest BCUT2D eigenvalue weighted by Gasteiger charge is 2.05. The largest absolute Gasteiger partial charge is 0.469 e. The van der Waals surface area contributed by atoms with Crippen LogP contribution in [-0.4, -0.2) is 77.2 Å². The summed E-state index contributed by atoms with van der Waals surface area (Å²) in [4.78, 5) is 39.7. The zero-order valence-electron chi connectivity index (χ0n) is 16.1. The van der Waals surface area contributed by atoms with Crippen molar-refractivity contribution in [3.8, 4) is 0 Å². The van der Waals surface area contributed by atoms with Crippen LogP contribution in [0.3, 0.4) is 0 Å². The van der Waals surface area contributed by atoms with E-state index < -0.39 is 12.1 Å². The Kier molecular flexibility index (Phi) is 29.5. The van der Waals surface area contributed by atoms with Crippen LogP contribution in [0.25, 0.3) is 0 Å². The number of rotatable bonds is 4. The highest BCUT2D eigenvalue weighted by atomic mass is 16.6. The van der Waals surface area contributed by atoms with Crippen molar-refractivity contribution in [2.75, 3.05) is 42.2 Å². The first-order valence-electron chi connectivity index (χ1n) is 7.00. The normalized spacial score (nSPS) is 9.16. The number of hydrogen-bond acceptors (Lipinski definition) is 10. The second-order valence-corrected chi connectivity index (χ2v) is 3.83. The Morgan fingerprint density at radius 1 is 0.840 bits per heavy atom. The Balaban J connectivity index is -0.000000119. The van der Waals surface area contributed by atoms with Gasteiger partial charge in [0.25, 0.3) is 0 Å². The van der Waals surface area contributed by atoms with Crippen LogP contribution >= 0.6 is 0 Å². The van der Waals surface area contributed by atoms with Gasteiger partial charge in [-0.15, -0.1) is 0 Å². The molecule has 1 atom stereocenters. The van der Waals surface area contributed by atoms with Crippen LogP contribution < -0.4 is 0 Å². The molecule has 10 heteroatoms. The Labute approximate surface area is 148 Å². The summed E-state index contributed by atoms with van der Waals surface area (Å²) in [5, 5.41) is 8.35. The number of ether oxygens (including phenoxy) is 5. The maximum absolute atomic E-state index is 10.1. The molecule has 0 radical (unpaired) electrons. The van der Waals surface area contributed by atoms with E-state index in [0.717, 1.165) is 0 Å². The van der Waals surface area contributed by atoms with Crippen LogP contribution in [0.15, 0.2) is 0 Å². The second kappa shape index (κ2) is 24.1. The zero-order valence-corrected chi connectivity index (χ0v) is 16.1. The number of carbonyl (C=O) groups excluding carboxylic acids is 4. The first kappa shape index (κ1) is 30.7. The van der Waals surface area contributed by atoms with Crippen LogP contribution in [0.1, 0.15) is 27.2 Å². The summed E-state index contributed by atoms with van der Waals surface area (Å²) in [6.45, 7) is 4.51. The lowest BCUT2D eigenvalue weighted by Gasteiger charge is -1.97. The second-order valence-electron chi connectivity index (χ2n) is 3.83. The molecule has 1 unspecified atom stereocenters. The van der Waals surface area contributed by atoms with E-state index in [1.54, 1.807) is 6.92 Å². The minimum atomic E-state index is -0.995. The molecule has 0 fully saturated rings. The van der Waals surface area contributed by atoms with Gasteiger partial charge in [0.1, 0.15) is 12.7 Å². The first-order chi connectivity index (χ1) is 11.6. The predicted octanol–water partition coefficient (Wildman–Crippen LogP) is 0.0947. The maximum Gasteiger partial charge on any atom is 0.334 e. The molecular formula is C15H30O10. The molecule has 0 bridgehead atoms. The average molecular weight is 370 g/mol. The van der Waals surface area contributed by atoms with Gasteiger partial charge in [0.05, 0.1) is 28.4 Å². The molecule has 150 valence electrons. The fourth-order valence-electron chi connectivity index (χ4n) is 0.492. The molecule has 0 heterocycles. The standard InChI is InChI=1S/2C4H8O3.C4H8O2.C3H6O2/c1-6-3-4(5)7-2;1-3(5)4(6)7-2;1-3-4(5)6-2;1-3(4)5-2/h3H2,1-2H3;3,5H,1-2H3;3H2,1-2H3;1-2H3. The zero-order chi connectivity index (χ0) is 20.8. The molecule has 10 nitrogen and oxygen atoms in total. The van der Waals surface area contributed by atoms with E-state index in [0.29, 0.717) is 6.42 Å². The lowest BCUT2D eigenvalue weighted by molar-refractivity contribution is -0.149. The smallest absolute Gasteiger partial charge is 0.334 e. The fourth-order valence-corrected chi connectivity index (χ4v) is 0.492. The van der Waals surface area contributed by atoms with Crippen molar-refractivity contribution < 1.29 is 48.0 Å². The van der Waals surface area contributed by atoms with Crippen molar-refractivity contribution in [2.24, 2.45) is 0 Å². The summed E-state index contributed by atoms with van der Waals surface area (Å²) in [5.74, 6) is -1.34. The Morgan fingerprint density at radius 2 is 1.24 bits per heavy atom. The molecule has 0 aliphatic carbocycles. The summed E-state index contributed by atoms with van der Waals surface area (Å²) in [6.07, 6.45) is -0.527. The molecule has 0 aromatic rings. The topological polar surface area (TPSA) is 135 Å². The lowest BCUT2D eigenvalue weighted by atomic mass is 10.4. The maximum atomic E-state index is 10.1. The van der Waals surface area contributed by atoms with E-state index >= 15 is 0 Å². The van der Waals surface area contributed by atoms with Crippen LogP contribution in [0.4, 0.5) is 0 Å². The molecule has 0 aliphatic rings. The van der Waals surface area contributed by atoms with Crippen LogP contribution in [-0.2, 0) is 42.9 Å². The summed E-state index contributed by atoms with van der Waals surface area (Å²) < 4.78 is 21.1.